The summed E-state index contributed by atoms with van der Waals surface area (Å²) < 4.78 is 14.2. The molecule has 0 fully saturated rings. The van der Waals surface area contributed by atoms with Gasteiger partial charge in [-0.05, 0) is 60.5 Å². The Balaban J connectivity index is 1.64. The number of para-hydroxylation sites is 1. The maximum Gasteiger partial charge on any atom is 0.257 e. The molecule has 2 aliphatic heterocycles. The number of hydrogen-bond donors (Lipinski definition) is 1. The number of H-pyrrole nitrogens is 1. The number of carbonyl (C=O) groups is 1. The lowest BCUT2D eigenvalue weighted by Crippen LogP contribution is -2.50. The molecule has 3 aromatic carbocycles. The zero-order chi connectivity index (χ0) is 20.4. The van der Waals surface area contributed by atoms with Crippen molar-refractivity contribution in [1.82, 2.24) is 9.88 Å². The molecule has 1 atom stereocenters. The van der Waals surface area contributed by atoms with Crippen molar-refractivity contribution in [3.8, 4) is 0 Å². The molecule has 3 heterocycles. The first kappa shape index (κ1) is 17.5. The fraction of sp³-hybridized carbons (Fsp3) is 0.125. The third kappa shape index (κ3) is 2.42. The number of rotatable bonds is 1. The Labute approximate surface area is 177 Å². The maximum absolute atomic E-state index is 14.2. The van der Waals surface area contributed by atoms with E-state index >= 15 is 0 Å². The van der Waals surface area contributed by atoms with E-state index in [9.17, 15) is 9.18 Å². The molecular weight excluding hydrogens is 401 g/mol. The Bertz CT molecular complexity index is 1330. The minimum atomic E-state index is -0.385. The highest BCUT2D eigenvalue weighted by molar-refractivity contribution is 6.31. The molecule has 0 saturated heterocycles. The van der Waals surface area contributed by atoms with Crippen molar-refractivity contribution >= 4 is 39.8 Å². The zero-order valence-corrected chi connectivity index (χ0v) is 16.7. The van der Waals surface area contributed by atoms with Crippen molar-refractivity contribution < 1.29 is 9.18 Å². The number of nitrogens with one attached hydrogen (secondary N) is 1. The summed E-state index contributed by atoms with van der Waals surface area (Å²) in [6.07, 6.45) is 0.348. The second-order valence-electron chi connectivity index (χ2n) is 7.70. The summed E-state index contributed by atoms with van der Waals surface area (Å²) in [4.78, 5) is 20.8. The topological polar surface area (TPSA) is 39.3 Å². The Morgan fingerprint density at radius 1 is 1.03 bits per heavy atom. The molecule has 148 valence electrons. The lowest BCUT2D eigenvalue weighted by molar-refractivity contribution is 0.0642. The van der Waals surface area contributed by atoms with Crippen LogP contribution in [0.1, 0.15) is 27.8 Å². The molecule has 1 amide bonds. The van der Waals surface area contributed by atoms with Gasteiger partial charge in [-0.15, -0.1) is 0 Å². The van der Waals surface area contributed by atoms with E-state index in [1.54, 1.807) is 6.07 Å². The molecule has 6 rings (SSSR count). The maximum atomic E-state index is 14.2. The predicted octanol–water partition coefficient (Wildman–Crippen LogP) is 5.81. The standard InChI is InChI=1S/C24H17ClFN3O/c25-14-8-9-20-19(12-14)17-10-11-28-23(22(17)27-20)29(16-5-3-4-15(26)13-16)21-7-2-1-6-18(21)24(28)30/h1-9,12-13,23,27H,10-11H2. The van der Waals surface area contributed by atoms with Crippen molar-refractivity contribution in [2.75, 3.05) is 11.4 Å². The van der Waals surface area contributed by atoms with E-state index in [4.69, 9.17) is 11.6 Å². The molecule has 30 heavy (non-hydrogen) atoms. The second kappa shape index (κ2) is 6.34. The number of fused-ring (bicyclic) bond motifs is 6. The van der Waals surface area contributed by atoms with Gasteiger partial charge in [-0.1, -0.05) is 29.8 Å². The molecule has 4 aromatic rings. The minimum Gasteiger partial charge on any atom is -0.355 e. The molecule has 1 aromatic heterocycles. The van der Waals surface area contributed by atoms with Crippen LogP contribution in [0.5, 0.6) is 0 Å². The van der Waals surface area contributed by atoms with Crippen molar-refractivity contribution in [2.24, 2.45) is 0 Å². The summed E-state index contributed by atoms with van der Waals surface area (Å²) in [5.74, 6) is -0.321. The van der Waals surface area contributed by atoms with Crippen LogP contribution in [0, 0.1) is 5.82 Å². The number of aromatic nitrogens is 1. The molecule has 1 N–H and O–H groups in total. The summed E-state index contributed by atoms with van der Waals surface area (Å²) in [6, 6.07) is 19.8. The van der Waals surface area contributed by atoms with Crippen molar-refractivity contribution in [3.05, 3.63) is 94.4 Å². The Kier molecular flexibility index (Phi) is 3.71. The van der Waals surface area contributed by atoms with E-state index < -0.39 is 0 Å². The number of amides is 1. The molecule has 1 unspecified atom stereocenters. The number of halogens is 2. The van der Waals surface area contributed by atoms with E-state index in [-0.39, 0.29) is 17.9 Å². The third-order valence-corrected chi connectivity index (χ3v) is 6.28. The lowest BCUT2D eigenvalue weighted by atomic mass is 9.95. The zero-order valence-electron chi connectivity index (χ0n) is 15.9. The fourth-order valence-corrected chi connectivity index (χ4v) is 4.95. The quantitative estimate of drug-likeness (QED) is 0.424. The lowest BCUT2D eigenvalue weighted by Gasteiger charge is -2.47. The van der Waals surface area contributed by atoms with Crippen LogP contribution >= 0.6 is 11.6 Å². The molecule has 6 heteroatoms. The average Bonchev–Trinajstić information content (AvgIpc) is 3.12. The first-order valence-corrected chi connectivity index (χ1v) is 10.2. The molecule has 0 bridgehead atoms. The highest BCUT2D eigenvalue weighted by Gasteiger charge is 2.43. The van der Waals surface area contributed by atoms with Gasteiger partial charge in [0, 0.05) is 28.2 Å². The molecule has 0 spiro atoms. The van der Waals surface area contributed by atoms with Crippen LogP contribution in [0.3, 0.4) is 0 Å². The number of benzene rings is 3. The van der Waals surface area contributed by atoms with Crippen LogP contribution in [-0.2, 0) is 6.42 Å². The van der Waals surface area contributed by atoms with Crippen LogP contribution in [-0.4, -0.2) is 22.3 Å². The number of aromatic amines is 1. The summed E-state index contributed by atoms with van der Waals surface area (Å²) in [6.45, 7) is 0.579. The summed E-state index contributed by atoms with van der Waals surface area (Å²) in [5.41, 5.74) is 5.19. The molecule has 0 radical (unpaired) electrons. The van der Waals surface area contributed by atoms with Gasteiger partial charge in [-0.25, -0.2) is 4.39 Å². The smallest absolute Gasteiger partial charge is 0.257 e. The number of hydrogen-bond acceptors (Lipinski definition) is 2. The predicted molar refractivity (Wildman–Crippen MR) is 116 cm³/mol. The average molecular weight is 418 g/mol. The Hall–Kier alpha value is -3.31. The van der Waals surface area contributed by atoms with Gasteiger partial charge in [0.15, 0.2) is 6.17 Å². The minimum absolute atomic E-state index is 0.00871. The van der Waals surface area contributed by atoms with Crippen LogP contribution in [0.15, 0.2) is 66.7 Å². The second-order valence-corrected chi connectivity index (χ2v) is 8.13. The van der Waals surface area contributed by atoms with E-state index in [0.717, 1.165) is 34.3 Å². The van der Waals surface area contributed by atoms with Gasteiger partial charge in [0.1, 0.15) is 5.82 Å². The van der Waals surface area contributed by atoms with Gasteiger partial charge in [-0.3, -0.25) is 4.79 Å². The largest absolute Gasteiger partial charge is 0.355 e. The molecule has 2 aliphatic rings. The van der Waals surface area contributed by atoms with E-state index in [1.807, 2.05) is 53.4 Å². The van der Waals surface area contributed by atoms with Crippen LogP contribution in [0.25, 0.3) is 10.9 Å². The molecular formula is C24H17ClFN3O. The molecule has 0 aliphatic carbocycles. The summed E-state index contributed by atoms with van der Waals surface area (Å²) in [5, 5.41) is 1.75. The normalized spacial score (nSPS) is 17.7. The number of nitrogens with zero attached hydrogens (tertiary/aromatic N) is 2. The van der Waals surface area contributed by atoms with Gasteiger partial charge < -0.3 is 14.8 Å². The van der Waals surface area contributed by atoms with E-state index in [2.05, 4.69) is 9.88 Å². The summed E-state index contributed by atoms with van der Waals surface area (Å²) in [7, 11) is 0. The first-order chi connectivity index (χ1) is 14.6. The van der Waals surface area contributed by atoms with Crippen LogP contribution in [0.4, 0.5) is 15.8 Å². The molecule has 0 saturated carbocycles. The highest BCUT2D eigenvalue weighted by atomic mass is 35.5. The van der Waals surface area contributed by atoms with Crippen LogP contribution in [0.2, 0.25) is 5.02 Å². The van der Waals surface area contributed by atoms with E-state index in [1.165, 1.54) is 12.1 Å². The van der Waals surface area contributed by atoms with E-state index in [0.29, 0.717) is 22.8 Å². The van der Waals surface area contributed by atoms with Crippen molar-refractivity contribution in [3.63, 3.8) is 0 Å². The number of carbonyl (C=O) groups excluding carboxylic acids is 1. The first-order valence-electron chi connectivity index (χ1n) is 9.86. The third-order valence-electron chi connectivity index (χ3n) is 6.04. The molecule has 4 nitrogen and oxygen atoms in total. The van der Waals surface area contributed by atoms with Crippen molar-refractivity contribution in [1.29, 1.82) is 0 Å². The SMILES string of the molecule is O=C1c2ccccc2N(c2cccc(F)c2)C2c3[nH]c4ccc(Cl)cc4c3CCN12. The van der Waals surface area contributed by atoms with Crippen LogP contribution < -0.4 is 4.90 Å². The van der Waals surface area contributed by atoms with Gasteiger partial charge in [-0.2, -0.15) is 0 Å². The summed E-state index contributed by atoms with van der Waals surface area (Å²) >= 11 is 6.26. The Morgan fingerprint density at radius 3 is 2.77 bits per heavy atom. The van der Waals surface area contributed by atoms with Crippen molar-refractivity contribution in [2.45, 2.75) is 12.6 Å². The van der Waals surface area contributed by atoms with Gasteiger partial charge >= 0.3 is 0 Å². The Morgan fingerprint density at radius 2 is 1.90 bits per heavy atom. The fourth-order valence-electron chi connectivity index (χ4n) is 4.78. The monoisotopic (exact) mass is 417 g/mol. The highest BCUT2D eigenvalue weighted by Crippen LogP contribution is 2.47. The van der Waals surface area contributed by atoms with Gasteiger partial charge in [0.05, 0.1) is 16.9 Å². The van der Waals surface area contributed by atoms with Gasteiger partial charge in [0.25, 0.3) is 5.91 Å². The van der Waals surface area contributed by atoms with Gasteiger partial charge in [0.2, 0.25) is 0 Å². The number of anilines is 2.